The molecule has 0 saturated heterocycles. The van der Waals surface area contributed by atoms with Crippen LogP contribution in [0.3, 0.4) is 0 Å². The van der Waals surface area contributed by atoms with Gasteiger partial charge in [-0.3, -0.25) is 0 Å². The van der Waals surface area contributed by atoms with E-state index in [1.165, 1.54) is 6.07 Å². The molecule has 2 amide bonds. The fraction of sp³-hybridized carbons (Fsp3) is 0.611. The average Bonchev–Trinajstić information content (AvgIpc) is 2.55. The van der Waals surface area contributed by atoms with E-state index in [4.69, 9.17) is 0 Å². The van der Waals surface area contributed by atoms with Crippen LogP contribution in [0.1, 0.15) is 36.8 Å². The number of carbonyl (C=O) groups excluding carboxylic acids is 1. The third-order valence-electron chi connectivity index (χ3n) is 4.52. The summed E-state index contributed by atoms with van der Waals surface area (Å²) in [5.41, 5.74) is 1.37. The maximum Gasteiger partial charge on any atom is 0.315 e. The second-order valence-corrected chi connectivity index (χ2v) is 6.82. The minimum Gasteiger partial charge on any atom is -0.396 e. The third kappa shape index (κ3) is 5.46. The van der Waals surface area contributed by atoms with Crippen molar-refractivity contribution in [2.75, 3.05) is 20.7 Å². The summed E-state index contributed by atoms with van der Waals surface area (Å²) in [6.07, 6.45) is 4.01. The van der Waals surface area contributed by atoms with Crippen molar-refractivity contribution in [1.82, 2.24) is 15.5 Å². The van der Waals surface area contributed by atoms with Crippen LogP contribution in [0.4, 0.5) is 9.18 Å². The van der Waals surface area contributed by atoms with E-state index < -0.39 is 0 Å². The van der Waals surface area contributed by atoms with Gasteiger partial charge in [0.2, 0.25) is 0 Å². The predicted molar refractivity (Wildman–Crippen MR) is 92.0 cm³/mol. The van der Waals surface area contributed by atoms with E-state index in [2.05, 4.69) is 10.6 Å². The summed E-state index contributed by atoms with van der Waals surface area (Å²) in [6, 6.07) is 4.81. The normalized spacial score (nSPS) is 20.9. The number of aliphatic hydroxyl groups is 1. The Morgan fingerprint density at radius 2 is 2.08 bits per heavy atom. The lowest BCUT2D eigenvalue weighted by molar-refractivity contribution is 0.153. The molecule has 1 aromatic rings. The maximum atomic E-state index is 14.0. The predicted octanol–water partition coefficient (Wildman–Crippen LogP) is 2.24. The molecule has 2 rings (SSSR count). The highest BCUT2D eigenvalue weighted by Crippen LogP contribution is 2.23. The summed E-state index contributed by atoms with van der Waals surface area (Å²) in [7, 11) is 3.79. The molecule has 1 saturated carbocycles. The third-order valence-corrected chi connectivity index (χ3v) is 4.52. The number of nitrogens with zero attached hydrogens (tertiary/aromatic N) is 1. The minimum absolute atomic E-state index is 0.0166. The smallest absolute Gasteiger partial charge is 0.315 e. The molecular weight excluding hydrogens is 309 g/mol. The van der Waals surface area contributed by atoms with Crippen LogP contribution >= 0.6 is 0 Å². The monoisotopic (exact) mass is 337 g/mol. The summed E-state index contributed by atoms with van der Waals surface area (Å²) < 4.78 is 14.0. The van der Waals surface area contributed by atoms with E-state index in [0.29, 0.717) is 12.1 Å². The zero-order chi connectivity index (χ0) is 17.5. The van der Waals surface area contributed by atoms with Gasteiger partial charge in [-0.2, -0.15) is 0 Å². The van der Waals surface area contributed by atoms with Crippen molar-refractivity contribution in [2.24, 2.45) is 5.92 Å². The van der Waals surface area contributed by atoms with Gasteiger partial charge < -0.3 is 20.6 Å². The average molecular weight is 337 g/mol. The van der Waals surface area contributed by atoms with E-state index in [-0.39, 0.29) is 37.0 Å². The fourth-order valence-electron chi connectivity index (χ4n) is 3.19. The van der Waals surface area contributed by atoms with Crippen LogP contribution in [-0.4, -0.2) is 42.8 Å². The molecule has 6 heteroatoms. The zero-order valence-corrected chi connectivity index (χ0v) is 14.5. The van der Waals surface area contributed by atoms with Gasteiger partial charge in [-0.25, -0.2) is 9.18 Å². The summed E-state index contributed by atoms with van der Waals surface area (Å²) in [6.45, 7) is 0.926. The fourth-order valence-corrected chi connectivity index (χ4v) is 3.19. The molecule has 0 bridgehead atoms. The molecular formula is C18H28FN3O2. The molecule has 1 fully saturated rings. The van der Waals surface area contributed by atoms with Crippen LogP contribution in [0.15, 0.2) is 18.2 Å². The Kier molecular flexibility index (Phi) is 6.99. The lowest BCUT2D eigenvalue weighted by Crippen LogP contribution is -2.47. The first-order valence-corrected chi connectivity index (χ1v) is 8.57. The highest BCUT2D eigenvalue weighted by atomic mass is 19.1. The van der Waals surface area contributed by atoms with E-state index >= 15 is 0 Å². The minimum atomic E-state index is -0.266. The number of urea groups is 1. The van der Waals surface area contributed by atoms with Crippen LogP contribution in [-0.2, 0) is 13.1 Å². The summed E-state index contributed by atoms with van der Waals surface area (Å²) in [4.78, 5) is 13.9. The Morgan fingerprint density at radius 1 is 1.33 bits per heavy atom. The molecule has 0 unspecified atom stereocenters. The number of nitrogens with one attached hydrogen (secondary N) is 2. The molecule has 5 nitrogen and oxygen atoms in total. The summed E-state index contributed by atoms with van der Waals surface area (Å²) in [5.74, 6) is -0.122. The van der Waals surface area contributed by atoms with E-state index in [1.807, 2.05) is 25.1 Å². The molecule has 134 valence electrons. The van der Waals surface area contributed by atoms with Gasteiger partial charge >= 0.3 is 6.03 Å². The molecule has 1 aliphatic rings. The van der Waals surface area contributed by atoms with Crippen LogP contribution in [0.2, 0.25) is 0 Å². The zero-order valence-electron chi connectivity index (χ0n) is 14.5. The Labute approximate surface area is 143 Å². The number of halogens is 1. The lowest BCUT2D eigenvalue weighted by Gasteiger charge is -2.30. The molecule has 0 aliphatic heterocycles. The van der Waals surface area contributed by atoms with Crippen molar-refractivity contribution in [2.45, 2.75) is 44.8 Å². The van der Waals surface area contributed by atoms with Crippen LogP contribution in [0.25, 0.3) is 0 Å². The maximum absolute atomic E-state index is 14.0. The molecule has 0 spiro atoms. The van der Waals surface area contributed by atoms with Gasteiger partial charge in [-0.1, -0.05) is 25.0 Å². The number of rotatable bonds is 6. The van der Waals surface area contributed by atoms with Crippen LogP contribution in [0.5, 0.6) is 0 Å². The number of amides is 2. The van der Waals surface area contributed by atoms with Crippen molar-refractivity contribution in [3.63, 3.8) is 0 Å². The van der Waals surface area contributed by atoms with Gasteiger partial charge in [0.15, 0.2) is 0 Å². The first-order chi connectivity index (χ1) is 11.5. The standard InChI is InChI=1S/C18H28FN3O2/c1-22(2)11-14-8-7-13(9-16(14)19)10-20-18(24)21-17-6-4-3-5-15(17)12-23/h7-9,15,17,23H,3-6,10-12H2,1-2H3,(H2,20,21,24)/t15-,17-/m1/s1. The Hall–Kier alpha value is -1.66. The van der Waals surface area contributed by atoms with Gasteiger partial charge in [0.25, 0.3) is 0 Å². The van der Waals surface area contributed by atoms with Crippen molar-refractivity contribution < 1.29 is 14.3 Å². The number of carbonyl (C=O) groups is 1. The Morgan fingerprint density at radius 3 is 2.75 bits per heavy atom. The highest BCUT2D eigenvalue weighted by molar-refractivity contribution is 5.74. The van der Waals surface area contributed by atoms with E-state index in [1.54, 1.807) is 6.07 Å². The molecule has 0 heterocycles. The molecule has 0 aromatic heterocycles. The van der Waals surface area contributed by atoms with Crippen LogP contribution < -0.4 is 10.6 Å². The topological polar surface area (TPSA) is 64.6 Å². The van der Waals surface area contributed by atoms with Gasteiger partial charge in [0.05, 0.1) is 0 Å². The summed E-state index contributed by atoms with van der Waals surface area (Å²) in [5, 5.41) is 15.1. The van der Waals surface area contributed by atoms with Crippen molar-refractivity contribution >= 4 is 6.03 Å². The van der Waals surface area contributed by atoms with Crippen molar-refractivity contribution in [3.05, 3.63) is 35.1 Å². The van der Waals surface area contributed by atoms with Gasteiger partial charge in [0, 0.05) is 37.2 Å². The largest absolute Gasteiger partial charge is 0.396 e. The SMILES string of the molecule is CN(C)Cc1ccc(CNC(=O)N[C@@H]2CCCC[C@@H]2CO)cc1F. The molecule has 1 aromatic carbocycles. The van der Waals surface area contributed by atoms with Gasteiger partial charge in [-0.05, 0) is 38.6 Å². The lowest BCUT2D eigenvalue weighted by atomic mass is 9.85. The first-order valence-electron chi connectivity index (χ1n) is 8.57. The first kappa shape index (κ1) is 18.7. The van der Waals surface area contributed by atoms with Crippen molar-refractivity contribution in [3.8, 4) is 0 Å². The second-order valence-electron chi connectivity index (χ2n) is 6.82. The Balaban J connectivity index is 1.84. The van der Waals surface area contributed by atoms with E-state index in [9.17, 15) is 14.3 Å². The molecule has 24 heavy (non-hydrogen) atoms. The van der Waals surface area contributed by atoms with Gasteiger partial charge in [-0.15, -0.1) is 0 Å². The second kappa shape index (κ2) is 8.99. The van der Waals surface area contributed by atoms with Crippen molar-refractivity contribution in [1.29, 1.82) is 0 Å². The van der Waals surface area contributed by atoms with E-state index in [0.717, 1.165) is 31.2 Å². The number of aliphatic hydroxyl groups excluding tert-OH is 1. The molecule has 1 aliphatic carbocycles. The summed E-state index contributed by atoms with van der Waals surface area (Å²) >= 11 is 0. The highest BCUT2D eigenvalue weighted by Gasteiger charge is 2.25. The number of hydrogen-bond donors (Lipinski definition) is 3. The molecule has 0 radical (unpaired) electrons. The number of benzene rings is 1. The molecule has 3 N–H and O–H groups in total. The Bertz CT molecular complexity index is 551. The van der Waals surface area contributed by atoms with Gasteiger partial charge in [0.1, 0.15) is 5.82 Å². The quantitative estimate of drug-likeness (QED) is 0.746. The van der Waals surface area contributed by atoms with Crippen LogP contribution in [0, 0.1) is 11.7 Å². The molecule has 2 atom stereocenters. The number of hydrogen-bond acceptors (Lipinski definition) is 3.